The maximum atomic E-state index is 14.3. The van der Waals surface area contributed by atoms with Gasteiger partial charge in [-0.3, -0.25) is 9.59 Å². The predicted octanol–water partition coefficient (Wildman–Crippen LogP) is 3.61. The van der Waals surface area contributed by atoms with Crippen LogP contribution < -0.4 is 15.5 Å². The summed E-state index contributed by atoms with van der Waals surface area (Å²) in [6, 6.07) is 10.5. The summed E-state index contributed by atoms with van der Waals surface area (Å²) in [5.74, 6) is -1.58. The van der Waals surface area contributed by atoms with Gasteiger partial charge >= 0.3 is 12.0 Å². The highest BCUT2D eigenvalue weighted by Gasteiger charge is 2.24. The number of halogens is 1. The Bertz CT molecular complexity index is 916. The van der Waals surface area contributed by atoms with Gasteiger partial charge in [0.1, 0.15) is 5.82 Å². The summed E-state index contributed by atoms with van der Waals surface area (Å²) in [5, 5.41) is 13.9. The molecule has 7 nitrogen and oxygen atoms in total. The number of benzene rings is 2. The monoisotopic (exact) mass is 385 g/mol. The lowest BCUT2D eigenvalue weighted by Crippen LogP contribution is -2.25. The van der Waals surface area contributed by atoms with Crippen LogP contribution in [0, 0.1) is 5.82 Å². The number of amides is 3. The van der Waals surface area contributed by atoms with E-state index in [1.165, 1.54) is 23.1 Å². The maximum Gasteiger partial charge on any atom is 0.323 e. The molecule has 2 aromatic rings. The Morgan fingerprint density at radius 3 is 2.50 bits per heavy atom. The minimum absolute atomic E-state index is 0.000790. The summed E-state index contributed by atoms with van der Waals surface area (Å²) < 4.78 is 14.3. The molecular formula is C20H20FN3O4. The molecule has 1 heterocycles. The van der Waals surface area contributed by atoms with Crippen molar-refractivity contribution in [3.8, 4) is 0 Å². The Balaban J connectivity index is 1.62. The molecule has 0 unspecified atom stereocenters. The van der Waals surface area contributed by atoms with Crippen molar-refractivity contribution in [1.82, 2.24) is 0 Å². The summed E-state index contributed by atoms with van der Waals surface area (Å²) in [5.41, 5.74) is 1.75. The Hall–Kier alpha value is -3.42. The minimum atomic E-state index is -0.891. The number of anilines is 3. The number of carbonyl (C=O) groups excluding carboxylic acids is 2. The molecule has 1 saturated heterocycles. The van der Waals surface area contributed by atoms with Gasteiger partial charge in [-0.2, -0.15) is 0 Å². The van der Waals surface area contributed by atoms with Crippen LogP contribution in [-0.2, 0) is 16.0 Å². The summed E-state index contributed by atoms with van der Waals surface area (Å²) in [6.07, 6.45) is 1.47. The van der Waals surface area contributed by atoms with Gasteiger partial charge in [0.05, 0.1) is 5.69 Å². The highest BCUT2D eigenvalue weighted by atomic mass is 19.1. The lowest BCUT2D eigenvalue weighted by atomic mass is 10.1. The fourth-order valence-corrected chi connectivity index (χ4v) is 3.06. The lowest BCUT2D eigenvalue weighted by Gasteiger charge is -2.17. The normalized spacial score (nSPS) is 13.5. The number of aryl methyl sites for hydroxylation is 1. The van der Waals surface area contributed by atoms with E-state index in [9.17, 15) is 18.8 Å². The summed E-state index contributed by atoms with van der Waals surface area (Å²) in [7, 11) is 0. The third-order valence-electron chi connectivity index (χ3n) is 4.38. The Morgan fingerprint density at radius 1 is 1.11 bits per heavy atom. The number of carboxylic acids is 1. The third kappa shape index (κ3) is 4.85. The van der Waals surface area contributed by atoms with Gasteiger partial charge in [-0.1, -0.05) is 12.1 Å². The topological polar surface area (TPSA) is 98.7 Å². The molecule has 8 heteroatoms. The first-order valence-corrected chi connectivity index (χ1v) is 8.91. The quantitative estimate of drug-likeness (QED) is 0.707. The first-order chi connectivity index (χ1) is 13.4. The number of hydrogen-bond acceptors (Lipinski definition) is 3. The van der Waals surface area contributed by atoms with Crippen LogP contribution in [0.5, 0.6) is 0 Å². The van der Waals surface area contributed by atoms with E-state index >= 15 is 0 Å². The van der Waals surface area contributed by atoms with E-state index < -0.39 is 17.8 Å². The number of carbonyl (C=O) groups is 3. The number of aliphatic carboxylic acids is 1. The van der Waals surface area contributed by atoms with E-state index in [4.69, 9.17) is 5.11 Å². The molecule has 0 bridgehead atoms. The van der Waals surface area contributed by atoms with E-state index in [1.54, 1.807) is 24.3 Å². The van der Waals surface area contributed by atoms with Gasteiger partial charge in [-0.15, -0.1) is 0 Å². The van der Waals surface area contributed by atoms with Gasteiger partial charge in [-0.25, -0.2) is 9.18 Å². The van der Waals surface area contributed by atoms with Crippen LogP contribution in [-0.4, -0.2) is 29.6 Å². The standard InChI is InChI=1S/C20H20FN3O4/c21-16-12-15(7-8-17(16)24-10-2-5-18(24)25)23-20(28)22-14-4-1-3-13(11-14)6-9-19(26)27/h1,3-4,7-8,11-12H,2,5-6,9-10H2,(H,26,27)(H2,22,23,28). The molecule has 1 aliphatic rings. The van der Waals surface area contributed by atoms with Gasteiger partial charge in [0.2, 0.25) is 5.91 Å². The number of rotatable bonds is 6. The molecule has 146 valence electrons. The molecule has 0 spiro atoms. The van der Waals surface area contributed by atoms with Gasteiger partial charge in [0.25, 0.3) is 0 Å². The minimum Gasteiger partial charge on any atom is -0.481 e. The molecule has 28 heavy (non-hydrogen) atoms. The van der Waals surface area contributed by atoms with Crippen LogP contribution in [0.2, 0.25) is 0 Å². The van der Waals surface area contributed by atoms with Crippen LogP contribution >= 0.6 is 0 Å². The second kappa shape index (κ2) is 8.51. The average Bonchev–Trinajstić information content (AvgIpc) is 3.06. The number of nitrogens with one attached hydrogen (secondary N) is 2. The van der Waals surface area contributed by atoms with Crippen molar-refractivity contribution in [2.45, 2.75) is 25.7 Å². The second-order valence-corrected chi connectivity index (χ2v) is 6.49. The van der Waals surface area contributed by atoms with E-state index in [1.807, 2.05) is 0 Å². The van der Waals surface area contributed by atoms with Crippen molar-refractivity contribution in [3.05, 3.63) is 53.8 Å². The molecule has 2 aromatic carbocycles. The lowest BCUT2D eigenvalue weighted by molar-refractivity contribution is -0.137. The smallest absolute Gasteiger partial charge is 0.323 e. The Kier molecular flexibility index (Phi) is 5.88. The van der Waals surface area contributed by atoms with Crippen LogP contribution in [0.15, 0.2) is 42.5 Å². The fraction of sp³-hybridized carbons (Fsp3) is 0.250. The Morgan fingerprint density at radius 2 is 1.86 bits per heavy atom. The molecule has 0 atom stereocenters. The SMILES string of the molecule is O=C(O)CCc1cccc(NC(=O)Nc2ccc(N3CCCC3=O)c(F)c2)c1. The molecule has 0 aromatic heterocycles. The largest absolute Gasteiger partial charge is 0.481 e. The number of hydrogen-bond donors (Lipinski definition) is 3. The molecule has 3 amide bonds. The molecule has 0 saturated carbocycles. The summed E-state index contributed by atoms with van der Waals surface area (Å²) in [4.78, 5) is 36.0. The second-order valence-electron chi connectivity index (χ2n) is 6.49. The molecule has 1 fully saturated rings. The van der Waals surface area contributed by atoms with Crippen LogP contribution in [0.3, 0.4) is 0 Å². The summed E-state index contributed by atoms with van der Waals surface area (Å²) in [6.45, 7) is 0.487. The predicted molar refractivity (Wildman–Crippen MR) is 103 cm³/mol. The van der Waals surface area contributed by atoms with Gasteiger partial charge < -0.3 is 20.6 Å². The van der Waals surface area contributed by atoms with Gasteiger partial charge in [0, 0.05) is 30.8 Å². The zero-order valence-electron chi connectivity index (χ0n) is 15.1. The summed E-state index contributed by atoms with van der Waals surface area (Å²) >= 11 is 0. The number of carboxylic acid groups (broad SMARTS) is 1. The molecule has 0 aliphatic carbocycles. The zero-order chi connectivity index (χ0) is 20.1. The molecule has 1 aliphatic heterocycles. The van der Waals surface area contributed by atoms with E-state index in [2.05, 4.69) is 10.6 Å². The number of nitrogens with zero attached hydrogens (tertiary/aromatic N) is 1. The van der Waals surface area contributed by atoms with Crippen LogP contribution in [0.25, 0.3) is 0 Å². The van der Waals surface area contributed by atoms with E-state index in [0.717, 1.165) is 5.56 Å². The maximum absolute atomic E-state index is 14.3. The van der Waals surface area contributed by atoms with Crippen molar-refractivity contribution in [3.63, 3.8) is 0 Å². The fourth-order valence-electron chi connectivity index (χ4n) is 3.06. The first-order valence-electron chi connectivity index (χ1n) is 8.91. The molecular weight excluding hydrogens is 365 g/mol. The van der Waals surface area contributed by atoms with Gasteiger partial charge in [0.15, 0.2) is 0 Å². The van der Waals surface area contributed by atoms with E-state index in [0.29, 0.717) is 31.5 Å². The highest BCUT2D eigenvalue weighted by Crippen LogP contribution is 2.27. The van der Waals surface area contributed by atoms with Gasteiger partial charge in [-0.05, 0) is 48.7 Å². The molecule has 3 N–H and O–H groups in total. The highest BCUT2D eigenvalue weighted by molar-refractivity contribution is 6.00. The third-order valence-corrected chi connectivity index (χ3v) is 4.38. The van der Waals surface area contributed by atoms with Crippen molar-refractivity contribution in [2.24, 2.45) is 0 Å². The van der Waals surface area contributed by atoms with Crippen LogP contribution in [0.4, 0.5) is 26.2 Å². The van der Waals surface area contributed by atoms with Crippen molar-refractivity contribution in [1.29, 1.82) is 0 Å². The van der Waals surface area contributed by atoms with Crippen LogP contribution in [0.1, 0.15) is 24.8 Å². The van der Waals surface area contributed by atoms with E-state index in [-0.39, 0.29) is 23.7 Å². The molecule has 3 rings (SSSR count). The zero-order valence-corrected chi connectivity index (χ0v) is 15.1. The number of urea groups is 1. The first kappa shape index (κ1) is 19.3. The molecule has 0 radical (unpaired) electrons. The Labute approximate surface area is 161 Å². The average molecular weight is 385 g/mol. The van der Waals surface area contributed by atoms with Crippen molar-refractivity contribution < 1.29 is 23.9 Å². The van der Waals surface area contributed by atoms with Crippen molar-refractivity contribution in [2.75, 3.05) is 22.1 Å². The van der Waals surface area contributed by atoms with Crippen molar-refractivity contribution >= 4 is 35.0 Å².